The number of hydrogen-bond acceptors (Lipinski definition) is 10. The fourth-order valence-electron chi connectivity index (χ4n) is 6.78. The Morgan fingerprint density at radius 1 is 0.946 bits per heavy atom. The zero-order valence-electron chi connectivity index (χ0n) is 33.5. The number of nitrogens with one attached hydrogen (secondary N) is 4. The van der Waals surface area contributed by atoms with E-state index < -0.39 is 11.9 Å². The van der Waals surface area contributed by atoms with E-state index in [0.29, 0.717) is 47.8 Å². The summed E-state index contributed by atoms with van der Waals surface area (Å²) in [5.41, 5.74) is 4.26. The van der Waals surface area contributed by atoms with Gasteiger partial charge in [-0.15, -0.1) is 0 Å². The molecule has 14 nitrogen and oxygen atoms in total. The summed E-state index contributed by atoms with van der Waals surface area (Å²) in [6.07, 6.45) is 14.2. The van der Waals surface area contributed by atoms with E-state index in [1.54, 1.807) is 24.5 Å². The van der Waals surface area contributed by atoms with Crippen LogP contribution in [0.15, 0.2) is 36.7 Å². The third-order valence-corrected chi connectivity index (χ3v) is 9.91. The van der Waals surface area contributed by atoms with Crippen LogP contribution in [0.1, 0.15) is 126 Å². The number of aromatic nitrogens is 4. The van der Waals surface area contributed by atoms with Crippen LogP contribution in [-0.4, -0.2) is 67.4 Å². The second-order valence-electron chi connectivity index (χ2n) is 15.4. The molecule has 2 aromatic heterocycles. The number of unbranched alkanes of at least 4 members (excludes halogenated alkanes) is 8. The summed E-state index contributed by atoms with van der Waals surface area (Å²) in [7, 11) is 0. The summed E-state index contributed by atoms with van der Waals surface area (Å²) in [6, 6.07) is 8.33. The summed E-state index contributed by atoms with van der Waals surface area (Å²) < 4.78 is 12.5. The van der Waals surface area contributed by atoms with Gasteiger partial charge in [-0.3, -0.25) is 29.6 Å². The number of aromatic amines is 1. The summed E-state index contributed by atoms with van der Waals surface area (Å²) in [6.45, 7) is 13.3. The molecule has 4 amide bonds. The molecule has 2 aromatic carbocycles. The Morgan fingerprint density at radius 2 is 1.68 bits per heavy atom. The lowest BCUT2D eigenvalue weighted by Gasteiger charge is -2.29. The molecule has 300 valence electrons. The highest BCUT2D eigenvalue weighted by Gasteiger charge is 2.39. The molecule has 2 aliphatic rings. The lowest BCUT2D eigenvalue weighted by molar-refractivity contribution is -0.137. The molecule has 1 atom stereocenters. The van der Waals surface area contributed by atoms with Gasteiger partial charge < -0.3 is 25.0 Å². The monoisotopic (exact) mass is 768 g/mol. The van der Waals surface area contributed by atoms with E-state index in [1.807, 2.05) is 46.8 Å². The predicted molar refractivity (Wildman–Crippen MR) is 216 cm³/mol. The number of carbonyl (C=O) groups excluding carboxylic acids is 4. The SMILES string of the molecule is CCCCCCCCCCCOc1cc2ncnc(Nc3n[nH]c(C)c3C)c2cc1OC(C)(C)C.O=CNc1cccc2c1CN(C1CCC(=O)NC1=O)C2=O. The van der Waals surface area contributed by atoms with Crippen molar-refractivity contribution in [3.8, 4) is 11.5 Å². The fraction of sp³-hybridized carbons (Fsp3) is 0.500. The second-order valence-corrected chi connectivity index (χ2v) is 15.4. The number of ether oxygens (including phenoxy) is 2. The number of piperidine rings is 1. The lowest BCUT2D eigenvalue weighted by Crippen LogP contribution is -2.52. The molecule has 4 aromatic rings. The van der Waals surface area contributed by atoms with Crippen molar-refractivity contribution in [2.75, 3.05) is 17.2 Å². The van der Waals surface area contributed by atoms with E-state index in [-0.39, 0.29) is 30.4 Å². The van der Waals surface area contributed by atoms with Gasteiger partial charge in [-0.05, 0) is 65.7 Å². The zero-order chi connectivity index (χ0) is 40.2. The molecular weight excluding hydrogens is 713 g/mol. The molecule has 0 bridgehead atoms. The summed E-state index contributed by atoms with van der Waals surface area (Å²) in [5.74, 6) is 1.85. The lowest BCUT2D eigenvalue weighted by atomic mass is 10.0. The van der Waals surface area contributed by atoms with Gasteiger partial charge in [-0.25, -0.2) is 9.97 Å². The predicted octanol–water partition coefficient (Wildman–Crippen LogP) is 7.82. The van der Waals surface area contributed by atoms with E-state index in [1.165, 1.54) is 56.3 Å². The third kappa shape index (κ3) is 10.8. The van der Waals surface area contributed by atoms with Crippen molar-refractivity contribution in [2.45, 2.75) is 130 Å². The number of amides is 4. The number of benzene rings is 2. The number of H-pyrrole nitrogens is 1. The van der Waals surface area contributed by atoms with Crippen LogP contribution in [0, 0.1) is 13.8 Å². The Kier molecular flexibility index (Phi) is 14.4. The van der Waals surface area contributed by atoms with E-state index in [0.717, 1.165) is 40.1 Å². The normalized spacial score (nSPS) is 15.2. The van der Waals surface area contributed by atoms with Crippen molar-refractivity contribution in [1.82, 2.24) is 30.4 Å². The maximum atomic E-state index is 12.4. The topological polar surface area (TPSA) is 181 Å². The van der Waals surface area contributed by atoms with Gasteiger partial charge in [0.15, 0.2) is 17.3 Å². The van der Waals surface area contributed by atoms with Crippen molar-refractivity contribution in [1.29, 1.82) is 0 Å². The summed E-state index contributed by atoms with van der Waals surface area (Å²) >= 11 is 0. The molecule has 0 saturated carbocycles. The molecule has 2 aliphatic heterocycles. The number of anilines is 3. The minimum Gasteiger partial charge on any atom is -0.490 e. The van der Waals surface area contributed by atoms with Gasteiger partial charge in [-0.1, -0.05) is 64.4 Å². The minimum absolute atomic E-state index is 0.218. The third-order valence-electron chi connectivity index (χ3n) is 9.91. The highest BCUT2D eigenvalue weighted by molar-refractivity contribution is 6.06. The van der Waals surface area contributed by atoms with E-state index in [9.17, 15) is 19.2 Å². The highest BCUT2D eigenvalue weighted by atomic mass is 16.5. The van der Waals surface area contributed by atoms with Crippen molar-refractivity contribution in [3.63, 3.8) is 0 Å². The molecule has 1 unspecified atom stereocenters. The van der Waals surface area contributed by atoms with Crippen LogP contribution in [-0.2, 0) is 20.9 Å². The average Bonchev–Trinajstić information content (AvgIpc) is 3.66. The second kappa shape index (κ2) is 19.4. The summed E-state index contributed by atoms with van der Waals surface area (Å²) in [4.78, 5) is 56.5. The number of rotatable bonds is 17. The largest absolute Gasteiger partial charge is 0.490 e. The summed E-state index contributed by atoms with van der Waals surface area (Å²) in [5, 5.41) is 16.4. The van der Waals surface area contributed by atoms with Crippen molar-refractivity contribution < 1.29 is 28.7 Å². The molecule has 0 radical (unpaired) electrons. The van der Waals surface area contributed by atoms with Crippen molar-refractivity contribution in [3.05, 3.63) is 59.0 Å². The van der Waals surface area contributed by atoms with Crippen LogP contribution in [0.25, 0.3) is 10.9 Å². The van der Waals surface area contributed by atoms with Crippen molar-refractivity contribution >= 4 is 52.4 Å². The number of imide groups is 1. The average molecular weight is 769 g/mol. The van der Waals surface area contributed by atoms with Gasteiger partial charge >= 0.3 is 0 Å². The molecule has 6 rings (SSSR count). The molecule has 0 aliphatic carbocycles. The molecular formula is C42H56N8O6. The smallest absolute Gasteiger partial charge is 0.255 e. The first-order chi connectivity index (χ1) is 26.9. The molecule has 4 N–H and O–H groups in total. The maximum Gasteiger partial charge on any atom is 0.255 e. The van der Waals surface area contributed by atoms with Crippen LogP contribution < -0.4 is 25.4 Å². The first-order valence-electron chi connectivity index (χ1n) is 19.8. The quantitative estimate of drug-likeness (QED) is 0.0470. The minimum atomic E-state index is -0.647. The Balaban J connectivity index is 0.000000242. The molecule has 1 fully saturated rings. The molecule has 0 spiro atoms. The van der Waals surface area contributed by atoms with Crippen LogP contribution in [0.2, 0.25) is 0 Å². The Hall–Kier alpha value is -5.53. The first-order valence-corrected chi connectivity index (χ1v) is 19.8. The van der Waals surface area contributed by atoms with E-state index >= 15 is 0 Å². The number of hydrogen-bond donors (Lipinski definition) is 4. The molecule has 1 saturated heterocycles. The van der Waals surface area contributed by atoms with Gasteiger partial charge in [0.25, 0.3) is 5.91 Å². The first kappa shape index (κ1) is 41.6. The van der Waals surface area contributed by atoms with Crippen molar-refractivity contribution in [2.24, 2.45) is 0 Å². The van der Waals surface area contributed by atoms with Gasteiger partial charge in [0.2, 0.25) is 18.2 Å². The van der Waals surface area contributed by atoms with Gasteiger partial charge in [0.1, 0.15) is 23.8 Å². The molecule has 56 heavy (non-hydrogen) atoms. The standard InChI is InChI=1S/C28H43N5O2.C14H13N3O4/c1-7-8-9-10-11-12-13-14-15-16-34-24-18-23-22(17-25(24)35-28(4,5)6)27(30-19-29-23)31-26-20(2)21(3)32-33-26;18-7-15-10-3-1-2-8-9(10)6-17(14(8)21)11-4-5-12(19)16-13(11)20/h17-19H,7-16H2,1-6H3,(H2,29,30,31,32,33);1-3,7,11H,4-6H2,(H,15,18)(H,16,19,20). The van der Waals surface area contributed by atoms with Crippen LogP contribution in [0.3, 0.4) is 0 Å². The molecule has 14 heteroatoms. The van der Waals surface area contributed by atoms with E-state index in [4.69, 9.17) is 9.47 Å². The Morgan fingerprint density at radius 3 is 2.34 bits per heavy atom. The maximum absolute atomic E-state index is 12.4. The van der Waals surface area contributed by atoms with Gasteiger partial charge in [0, 0.05) is 52.5 Å². The number of nitrogens with zero attached hydrogens (tertiary/aromatic N) is 4. The number of carbonyl (C=O) groups is 4. The highest BCUT2D eigenvalue weighted by Crippen LogP contribution is 2.37. The Bertz CT molecular complexity index is 2000. The Labute approximate surface area is 328 Å². The van der Waals surface area contributed by atoms with Gasteiger partial charge in [-0.2, -0.15) is 5.10 Å². The number of fused-ring (bicyclic) bond motifs is 2. The van der Waals surface area contributed by atoms with Gasteiger partial charge in [0.05, 0.1) is 12.1 Å². The number of aryl methyl sites for hydroxylation is 1. The zero-order valence-corrected chi connectivity index (χ0v) is 33.5. The molecule has 4 heterocycles. The van der Waals surface area contributed by atoms with E-state index in [2.05, 4.69) is 43.0 Å². The fourth-order valence-corrected chi connectivity index (χ4v) is 6.78. The van der Waals surface area contributed by atoms with Crippen LogP contribution in [0.4, 0.5) is 17.3 Å². The van der Waals surface area contributed by atoms with Crippen LogP contribution >= 0.6 is 0 Å². The van der Waals surface area contributed by atoms with Crippen LogP contribution in [0.5, 0.6) is 11.5 Å².